The third-order valence-corrected chi connectivity index (χ3v) is 2.81. The number of hydrogen-bond donors (Lipinski definition) is 0. The molecule has 3 rings (SSSR count). The van der Waals surface area contributed by atoms with Gasteiger partial charge in [0.05, 0.1) is 17.9 Å². The van der Waals surface area contributed by atoms with Crippen molar-refractivity contribution in [1.29, 1.82) is 0 Å². The van der Waals surface area contributed by atoms with Gasteiger partial charge in [0.1, 0.15) is 6.61 Å². The van der Waals surface area contributed by atoms with Gasteiger partial charge in [-0.15, -0.1) is 0 Å². The van der Waals surface area contributed by atoms with E-state index in [9.17, 15) is 0 Å². The van der Waals surface area contributed by atoms with E-state index in [1.54, 1.807) is 10.9 Å². The summed E-state index contributed by atoms with van der Waals surface area (Å²) in [4.78, 5) is 4.33. The molecule has 4 heteroatoms. The minimum atomic E-state index is 0.523. The maximum absolute atomic E-state index is 5.71. The molecule has 0 spiro atoms. The molecule has 0 aliphatic heterocycles. The zero-order valence-electron chi connectivity index (χ0n) is 10.1. The molecule has 1 aromatic carbocycles. The smallest absolute Gasteiger partial charge is 0.157 e. The van der Waals surface area contributed by atoms with E-state index in [4.69, 9.17) is 4.74 Å². The maximum Gasteiger partial charge on any atom is 0.157 e. The summed E-state index contributed by atoms with van der Waals surface area (Å²) in [6.07, 6.45) is 5.37. The maximum atomic E-state index is 5.71. The number of hydrogen-bond acceptors (Lipinski definition) is 3. The van der Waals surface area contributed by atoms with Crippen molar-refractivity contribution in [1.82, 2.24) is 14.8 Å². The first-order valence-corrected chi connectivity index (χ1v) is 5.77. The zero-order chi connectivity index (χ0) is 12.4. The molecule has 0 saturated heterocycles. The van der Waals surface area contributed by atoms with Crippen LogP contribution in [0.3, 0.4) is 0 Å². The van der Waals surface area contributed by atoms with Crippen LogP contribution in [0.1, 0.15) is 5.56 Å². The number of aryl methyl sites for hydroxylation is 1. The topological polar surface area (TPSA) is 39.9 Å². The van der Waals surface area contributed by atoms with Crippen LogP contribution in [0.2, 0.25) is 0 Å². The molecule has 0 saturated carbocycles. The lowest BCUT2D eigenvalue weighted by Gasteiger charge is -2.06. The molecule has 0 bridgehead atoms. The minimum absolute atomic E-state index is 0.523. The van der Waals surface area contributed by atoms with Gasteiger partial charge < -0.3 is 4.74 Å². The average Bonchev–Trinajstić information content (AvgIpc) is 2.82. The third-order valence-electron chi connectivity index (χ3n) is 2.81. The van der Waals surface area contributed by atoms with Crippen molar-refractivity contribution in [2.24, 2.45) is 7.05 Å². The quantitative estimate of drug-likeness (QED) is 0.705. The van der Waals surface area contributed by atoms with E-state index in [0.717, 1.165) is 22.2 Å². The van der Waals surface area contributed by atoms with Crippen LogP contribution < -0.4 is 4.74 Å². The third kappa shape index (κ3) is 2.05. The molecule has 0 amide bonds. The molecule has 3 aromatic rings. The summed E-state index contributed by atoms with van der Waals surface area (Å²) in [5, 5.41) is 5.20. The van der Waals surface area contributed by atoms with Crippen molar-refractivity contribution >= 4 is 10.9 Å². The molecule has 0 aliphatic rings. The first kappa shape index (κ1) is 10.8. The second-order valence-corrected chi connectivity index (χ2v) is 4.13. The monoisotopic (exact) mass is 239 g/mol. The first-order valence-electron chi connectivity index (χ1n) is 5.77. The van der Waals surface area contributed by atoms with E-state index >= 15 is 0 Å². The van der Waals surface area contributed by atoms with E-state index in [0.29, 0.717) is 6.61 Å². The number of benzene rings is 1. The van der Waals surface area contributed by atoms with Gasteiger partial charge in [0.25, 0.3) is 0 Å². The summed E-state index contributed by atoms with van der Waals surface area (Å²) < 4.78 is 7.43. The summed E-state index contributed by atoms with van der Waals surface area (Å²) >= 11 is 0. The Bertz CT molecular complexity index is 670. The second-order valence-electron chi connectivity index (χ2n) is 4.13. The summed E-state index contributed by atoms with van der Waals surface area (Å²) in [6.45, 7) is 0.523. The van der Waals surface area contributed by atoms with Crippen molar-refractivity contribution in [3.8, 4) is 5.75 Å². The van der Waals surface area contributed by atoms with Crippen molar-refractivity contribution < 1.29 is 4.74 Å². The van der Waals surface area contributed by atoms with Crippen molar-refractivity contribution in [3.05, 3.63) is 54.5 Å². The summed E-state index contributed by atoms with van der Waals surface area (Å²) in [7, 11) is 1.87. The van der Waals surface area contributed by atoms with Crippen LogP contribution in [0.25, 0.3) is 10.9 Å². The molecule has 0 unspecified atom stereocenters. The number of nitrogens with zero attached hydrogens (tertiary/aromatic N) is 3. The number of aromatic nitrogens is 3. The molecule has 90 valence electrons. The van der Waals surface area contributed by atoms with E-state index < -0.39 is 0 Å². The number of pyridine rings is 1. The zero-order valence-corrected chi connectivity index (χ0v) is 10.1. The lowest BCUT2D eigenvalue weighted by Crippen LogP contribution is -1.96. The fourth-order valence-electron chi connectivity index (χ4n) is 1.92. The largest absolute Gasteiger partial charge is 0.486 e. The predicted octanol–water partition coefficient (Wildman–Crippen LogP) is 2.55. The minimum Gasteiger partial charge on any atom is -0.486 e. The summed E-state index contributed by atoms with van der Waals surface area (Å²) in [6, 6.07) is 10.0. The molecule has 4 nitrogen and oxygen atoms in total. The Balaban J connectivity index is 1.86. The Kier molecular flexibility index (Phi) is 2.68. The molecule has 0 radical (unpaired) electrons. The van der Waals surface area contributed by atoms with Gasteiger partial charge in [0.2, 0.25) is 0 Å². The Labute approximate surface area is 105 Å². The van der Waals surface area contributed by atoms with E-state index in [2.05, 4.69) is 16.1 Å². The molecule has 0 fully saturated rings. The van der Waals surface area contributed by atoms with E-state index in [1.165, 1.54) is 0 Å². The normalized spacial score (nSPS) is 10.7. The number of rotatable bonds is 3. The van der Waals surface area contributed by atoms with E-state index in [1.807, 2.05) is 43.7 Å². The molecule has 0 aliphatic carbocycles. The molecular formula is C14H13N3O. The summed E-state index contributed by atoms with van der Waals surface area (Å²) in [5.41, 5.74) is 2.12. The fourth-order valence-corrected chi connectivity index (χ4v) is 1.92. The highest BCUT2D eigenvalue weighted by molar-refractivity contribution is 5.81. The van der Waals surface area contributed by atoms with Crippen LogP contribution in [0, 0.1) is 0 Å². The lowest BCUT2D eigenvalue weighted by atomic mass is 10.1. The van der Waals surface area contributed by atoms with Crippen molar-refractivity contribution in [2.45, 2.75) is 6.61 Å². The van der Waals surface area contributed by atoms with Crippen LogP contribution in [0.15, 0.2) is 48.9 Å². The SMILES string of the molecule is Cn1cc(OCc2ccnc3ccccc23)cn1. The standard InChI is InChI=1S/C14H13N3O/c1-17-9-12(8-16-17)18-10-11-6-7-15-14-5-3-2-4-13(11)14/h2-9H,10H2,1H3. The number of ether oxygens (including phenoxy) is 1. The van der Waals surface area contributed by atoms with Gasteiger partial charge in [0.15, 0.2) is 5.75 Å². The van der Waals surface area contributed by atoms with Gasteiger partial charge in [-0.25, -0.2) is 0 Å². The van der Waals surface area contributed by atoms with Gasteiger partial charge in [-0.2, -0.15) is 5.10 Å². The molecule has 2 heterocycles. The molecule has 0 atom stereocenters. The van der Waals surface area contributed by atoms with Crippen LogP contribution in [-0.2, 0) is 13.7 Å². The number of fused-ring (bicyclic) bond motifs is 1. The Morgan fingerprint density at radius 3 is 2.94 bits per heavy atom. The fraction of sp³-hybridized carbons (Fsp3) is 0.143. The van der Waals surface area contributed by atoms with Gasteiger partial charge in [-0.05, 0) is 12.1 Å². The Morgan fingerprint density at radius 2 is 2.11 bits per heavy atom. The first-order chi connectivity index (χ1) is 8.83. The van der Waals surface area contributed by atoms with Crippen molar-refractivity contribution in [3.63, 3.8) is 0 Å². The van der Waals surface area contributed by atoms with Gasteiger partial charge in [-0.3, -0.25) is 9.67 Å². The average molecular weight is 239 g/mol. The second kappa shape index (κ2) is 4.49. The molecular weight excluding hydrogens is 226 g/mol. The van der Waals surface area contributed by atoms with Gasteiger partial charge >= 0.3 is 0 Å². The molecule has 18 heavy (non-hydrogen) atoms. The van der Waals surface area contributed by atoms with Gasteiger partial charge in [-0.1, -0.05) is 18.2 Å². The van der Waals surface area contributed by atoms with Crippen molar-refractivity contribution in [2.75, 3.05) is 0 Å². The van der Waals surface area contributed by atoms with Crippen LogP contribution in [0.4, 0.5) is 0 Å². The van der Waals surface area contributed by atoms with Crippen LogP contribution in [-0.4, -0.2) is 14.8 Å². The Morgan fingerprint density at radius 1 is 1.22 bits per heavy atom. The highest BCUT2D eigenvalue weighted by Crippen LogP contribution is 2.18. The molecule has 2 aromatic heterocycles. The Hall–Kier alpha value is -2.36. The lowest BCUT2D eigenvalue weighted by molar-refractivity contribution is 0.307. The summed E-state index contributed by atoms with van der Waals surface area (Å²) in [5.74, 6) is 0.776. The van der Waals surface area contributed by atoms with Gasteiger partial charge in [0, 0.05) is 24.2 Å². The number of para-hydroxylation sites is 1. The highest BCUT2D eigenvalue weighted by Gasteiger charge is 2.03. The molecule has 0 N–H and O–H groups in total. The highest BCUT2D eigenvalue weighted by atomic mass is 16.5. The van der Waals surface area contributed by atoms with Crippen LogP contribution >= 0.6 is 0 Å². The van der Waals surface area contributed by atoms with E-state index in [-0.39, 0.29) is 0 Å². The van der Waals surface area contributed by atoms with Crippen LogP contribution in [0.5, 0.6) is 5.75 Å². The predicted molar refractivity (Wildman–Crippen MR) is 69.3 cm³/mol.